The second kappa shape index (κ2) is 11.1. The van der Waals surface area contributed by atoms with E-state index in [4.69, 9.17) is 4.74 Å². The molecule has 2 aromatic heterocycles. The molecule has 0 bridgehead atoms. The van der Waals surface area contributed by atoms with E-state index in [1.807, 2.05) is 23.6 Å². The van der Waals surface area contributed by atoms with Gasteiger partial charge in [0.1, 0.15) is 11.8 Å². The second-order valence-corrected chi connectivity index (χ2v) is 12.5. The number of imide groups is 1. The molecule has 0 aliphatic carbocycles. The molecule has 1 saturated heterocycles. The Morgan fingerprint density at radius 3 is 2.39 bits per heavy atom. The molecule has 6 rings (SSSR count). The van der Waals surface area contributed by atoms with Gasteiger partial charge in [0.25, 0.3) is 0 Å². The minimum Gasteiger partial charge on any atom is -0.462 e. The van der Waals surface area contributed by atoms with Gasteiger partial charge in [0.05, 0.1) is 28.8 Å². The van der Waals surface area contributed by atoms with Crippen LogP contribution in [0.1, 0.15) is 33.0 Å². The Kier molecular flexibility index (Phi) is 7.37. The Bertz CT molecular complexity index is 1700. The fraction of sp³-hybridized carbons (Fsp3) is 0.207. The van der Waals surface area contributed by atoms with Gasteiger partial charge >= 0.3 is 10.8 Å². The minimum atomic E-state index is -0.788. The molecule has 3 atom stereocenters. The summed E-state index contributed by atoms with van der Waals surface area (Å²) in [7, 11) is 0. The molecular formula is C29H23N3O6S3. The van der Waals surface area contributed by atoms with Gasteiger partial charge in [-0.2, -0.15) is 0 Å². The third kappa shape index (κ3) is 4.92. The van der Waals surface area contributed by atoms with Crippen LogP contribution in [-0.4, -0.2) is 40.1 Å². The first kappa shape index (κ1) is 27.2. The van der Waals surface area contributed by atoms with Crippen LogP contribution in [0.5, 0.6) is 0 Å². The van der Waals surface area contributed by atoms with Crippen LogP contribution in [-0.2, 0) is 25.7 Å². The summed E-state index contributed by atoms with van der Waals surface area (Å²) in [5.41, 5.74) is 1.29. The van der Waals surface area contributed by atoms with Gasteiger partial charge in [0.2, 0.25) is 17.7 Å². The first-order valence-electron chi connectivity index (χ1n) is 12.8. The Hall–Kier alpha value is -4.00. The number of thiazole rings is 1. The average molecular weight is 606 g/mol. The Morgan fingerprint density at radius 2 is 1.71 bits per heavy atom. The van der Waals surface area contributed by atoms with E-state index in [0.29, 0.717) is 26.8 Å². The molecule has 1 fully saturated rings. The molecule has 1 N–H and O–H groups in total. The molecule has 208 valence electrons. The maximum Gasteiger partial charge on any atom is 0.338 e. The Morgan fingerprint density at radius 1 is 0.951 bits per heavy atom. The van der Waals surface area contributed by atoms with Gasteiger partial charge in [-0.1, -0.05) is 47.4 Å². The molecule has 4 heterocycles. The quantitative estimate of drug-likeness (QED) is 0.242. The lowest BCUT2D eigenvalue weighted by Gasteiger charge is -2.29. The van der Waals surface area contributed by atoms with Crippen LogP contribution in [0.3, 0.4) is 0 Å². The van der Waals surface area contributed by atoms with Crippen LogP contribution in [0.4, 0.5) is 11.4 Å². The van der Waals surface area contributed by atoms with Gasteiger partial charge in [0.15, 0.2) is 0 Å². The largest absolute Gasteiger partial charge is 0.462 e. The zero-order valence-corrected chi connectivity index (χ0v) is 24.1. The van der Waals surface area contributed by atoms with Crippen LogP contribution < -0.4 is 15.1 Å². The number of para-hydroxylation sites is 1. The fourth-order valence-electron chi connectivity index (χ4n) is 5.11. The van der Waals surface area contributed by atoms with E-state index >= 15 is 0 Å². The number of nitrogens with zero attached hydrogens (tertiary/aromatic N) is 2. The van der Waals surface area contributed by atoms with E-state index in [0.717, 1.165) is 28.0 Å². The summed E-state index contributed by atoms with van der Waals surface area (Å²) in [4.78, 5) is 68.3. The Labute approximate surface area is 246 Å². The molecule has 4 aromatic rings. The molecule has 2 aliphatic rings. The number of fused-ring (bicyclic) bond motifs is 2. The first-order valence-corrected chi connectivity index (χ1v) is 15.4. The number of aromatic nitrogens is 1. The van der Waals surface area contributed by atoms with Crippen LogP contribution in [0.25, 0.3) is 0 Å². The van der Waals surface area contributed by atoms with Gasteiger partial charge in [-0.3, -0.25) is 23.7 Å². The van der Waals surface area contributed by atoms with Gasteiger partial charge in [-0.25, -0.2) is 9.69 Å². The minimum absolute atomic E-state index is 0.220. The highest BCUT2D eigenvalue weighted by molar-refractivity contribution is 8.00. The van der Waals surface area contributed by atoms with E-state index < -0.39 is 29.0 Å². The highest BCUT2D eigenvalue weighted by Gasteiger charge is 2.57. The number of rotatable bonds is 7. The van der Waals surface area contributed by atoms with Crippen molar-refractivity contribution in [2.45, 2.75) is 29.7 Å². The van der Waals surface area contributed by atoms with Crippen molar-refractivity contribution in [2.24, 2.45) is 5.92 Å². The molecular weight excluding hydrogens is 583 g/mol. The van der Waals surface area contributed by atoms with E-state index in [2.05, 4.69) is 5.32 Å². The lowest BCUT2D eigenvalue weighted by molar-refractivity contribution is -0.122. The molecule has 2 aromatic carbocycles. The zero-order valence-electron chi connectivity index (χ0n) is 21.6. The van der Waals surface area contributed by atoms with Crippen molar-refractivity contribution in [3.05, 3.63) is 97.1 Å². The lowest BCUT2D eigenvalue weighted by atomic mass is 9.87. The number of anilines is 2. The normalized spacial score (nSPS) is 19.5. The van der Waals surface area contributed by atoms with E-state index in [9.17, 15) is 24.0 Å². The third-order valence-corrected chi connectivity index (χ3v) is 10.5. The smallest absolute Gasteiger partial charge is 0.338 e. The maximum absolute atomic E-state index is 13.9. The predicted molar refractivity (Wildman–Crippen MR) is 158 cm³/mol. The number of nitrogens with one attached hydrogen (secondary N) is 1. The summed E-state index contributed by atoms with van der Waals surface area (Å²) >= 11 is 3.63. The summed E-state index contributed by atoms with van der Waals surface area (Å²) < 4.78 is 6.43. The molecule has 0 radical (unpaired) electrons. The summed E-state index contributed by atoms with van der Waals surface area (Å²) in [5.74, 6) is -2.86. The number of esters is 1. The number of ether oxygens (including phenoxy) is 1. The third-order valence-electron chi connectivity index (χ3n) is 6.89. The van der Waals surface area contributed by atoms with Crippen LogP contribution in [0.2, 0.25) is 0 Å². The molecule has 0 spiro atoms. The number of benzene rings is 2. The molecule has 12 heteroatoms. The molecule has 0 saturated carbocycles. The second-order valence-electron chi connectivity index (χ2n) is 9.37. The summed E-state index contributed by atoms with van der Waals surface area (Å²) in [5, 5.41) is 4.44. The van der Waals surface area contributed by atoms with Crippen LogP contribution >= 0.6 is 34.4 Å². The number of carbonyl (C=O) groups is 4. The lowest BCUT2D eigenvalue weighted by Crippen LogP contribution is -2.32. The zero-order chi connectivity index (χ0) is 28.7. The summed E-state index contributed by atoms with van der Waals surface area (Å²) in [6.45, 7) is 1.73. The number of hydrogen-bond donors (Lipinski definition) is 1. The maximum atomic E-state index is 13.9. The molecule has 2 aliphatic heterocycles. The topological polar surface area (TPSA) is 115 Å². The highest BCUT2D eigenvalue weighted by Crippen LogP contribution is 2.54. The highest BCUT2D eigenvalue weighted by atomic mass is 32.2. The van der Waals surface area contributed by atoms with E-state index in [1.165, 1.54) is 32.9 Å². The van der Waals surface area contributed by atoms with Gasteiger partial charge in [-0.15, -0.1) is 11.3 Å². The van der Waals surface area contributed by atoms with Crippen LogP contribution in [0, 0.1) is 5.92 Å². The van der Waals surface area contributed by atoms with Crippen molar-refractivity contribution in [3.63, 3.8) is 0 Å². The molecule has 41 heavy (non-hydrogen) atoms. The van der Waals surface area contributed by atoms with Crippen molar-refractivity contribution < 1.29 is 23.9 Å². The Balaban J connectivity index is 1.35. The SMILES string of the molecule is CCOC(=O)c1ccc(N2C(=O)C3Sc4c(sc(=O)n4CC(=O)Nc4ccccc4)[C@H](c4cccs4)C3C2=O)cc1. The fourth-order valence-corrected chi connectivity index (χ4v) is 8.83. The number of hydrogen-bond acceptors (Lipinski definition) is 9. The van der Waals surface area contributed by atoms with Crippen molar-refractivity contribution >= 4 is 69.5 Å². The summed E-state index contributed by atoms with van der Waals surface area (Å²) in [6, 6.07) is 18.9. The first-order chi connectivity index (χ1) is 19.9. The van der Waals surface area contributed by atoms with Crippen LogP contribution in [0.15, 0.2) is 81.9 Å². The van der Waals surface area contributed by atoms with Crippen molar-refractivity contribution in [2.75, 3.05) is 16.8 Å². The van der Waals surface area contributed by atoms with E-state index in [-0.39, 0.29) is 29.8 Å². The van der Waals surface area contributed by atoms with E-state index in [1.54, 1.807) is 43.3 Å². The van der Waals surface area contributed by atoms with Crippen molar-refractivity contribution in [3.8, 4) is 0 Å². The van der Waals surface area contributed by atoms with Crippen molar-refractivity contribution in [1.82, 2.24) is 4.57 Å². The monoisotopic (exact) mass is 605 g/mol. The number of thioether (sulfide) groups is 1. The standard InChI is InChI=1S/C29H23N3O6S3/c1-2-38-28(36)16-10-12-18(13-11-16)32-25(34)22-21(19-9-6-14-39-19)24-27(40-23(22)26(32)35)31(29(37)41-24)15-20(33)30-17-7-4-3-5-8-17/h3-14,21-23H,2,15H2,1H3,(H,30,33)/t21-,22?,23?/m1/s1. The van der Waals surface area contributed by atoms with Crippen molar-refractivity contribution in [1.29, 1.82) is 0 Å². The number of thiophene rings is 1. The van der Waals surface area contributed by atoms with Gasteiger partial charge < -0.3 is 10.1 Å². The van der Waals surface area contributed by atoms with Gasteiger partial charge in [0, 0.05) is 21.4 Å². The number of carbonyl (C=O) groups excluding carboxylic acids is 4. The van der Waals surface area contributed by atoms with Gasteiger partial charge in [-0.05, 0) is 54.8 Å². The molecule has 9 nitrogen and oxygen atoms in total. The average Bonchev–Trinajstić information content (AvgIpc) is 3.67. The summed E-state index contributed by atoms with van der Waals surface area (Å²) in [6.07, 6.45) is 0. The molecule has 3 amide bonds. The molecule has 2 unspecified atom stereocenters. The number of amides is 3. The predicted octanol–water partition coefficient (Wildman–Crippen LogP) is 4.58.